The highest BCUT2D eigenvalue weighted by Gasteiger charge is 2.33. The number of carbonyl (C=O) groups is 1. The van der Waals surface area contributed by atoms with Crippen molar-refractivity contribution in [3.63, 3.8) is 0 Å². The molecule has 4 aromatic rings. The summed E-state index contributed by atoms with van der Waals surface area (Å²) in [5.74, 6) is -0.736. The number of halogens is 1. The maximum absolute atomic E-state index is 13.2. The third-order valence-corrected chi connectivity index (χ3v) is 7.94. The molecule has 0 aliphatic rings. The van der Waals surface area contributed by atoms with E-state index in [1.165, 1.54) is 48.5 Å². The van der Waals surface area contributed by atoms with Gasteiger partial charge in [0.05, 0.1) is 10.4 Å². The van der Waals surface area contributed by atoms with E-state index < -0.39 is 20.9 Å². The summed E-state index contributed by atoms with van der Waals surface area (Å²) in [5, 5.41) is 2.04. The summed E-state index contributed by atoms with van der Waals surface area (Å²) < 4.78 is 32.7. The lowest BCUT2D eigenvalue weighted by Crippen LogP contribution is -2.36. The Kier molecular flexibility index (Phi) is 4.84. The molecular formula is C18H10ClNO5S3. The third-order valence-electron chi connectivity index (χ3n) is 3.81. The Hall–Kier alpha value is -2.46. The minimum absolute atomic E-state index is 0.0234. The molecule has 0 saturated heterocycles. The van der Waals surface area contributed by atoms with Gasteiger partial charge in [0.25, 0.3) is 15.9 Å². The molecule has 2 aromatic heterocycles. The Morgan fingerprint density at radius 3 is 2.50 bits per heavy atom. The zero-order chi connectivity index (χ0) is 19.9. The molecule has 0 aliphatic carbocycles. The van der Waals surface area contributed by atoms with Crippen LogP contribution in [0.15, 0.2) is 73.4 Å². The number of benzene rings is 2. The Bertz CT molecular complexity index is 1320. The van der Waals surface area contributed by atoms with Gasteiger partial charge in [0.1, 0.15) is 9.79 Å². The molecular weight excluding hydrogens is 442 g/mol. The molecule has 0 N–H and O–H groups in total. The van der Waals surface area contributed by atoms with Crippen LogP contribution in [-0.2, 0) is 10.0 Å². The van der Waals surface area contributed by atoms with E-state index in [1.54, 1.807) is 11.4 Å². The number of fused-ring (bicyclic) bond motifs is 1. The van der Waals surface area contributed by atoms with E-state index in [4.69, 9.17) is 16.0 Å². The fourth-order valence-electron chi connectivity index (χ4n) is 2.56. The number of nitrogens with zero attached hydrogens (tertiary/aromatic N) is 1. The minimum atomic E-state index is -4.16. The Morgan fingerprint density at radius 2 is 1.82 bits per heavy atom. The predicted octanol–water partition coefficient (Wildman–Crippen LogP) is 4.61. The van der Waals surface area contributed by atoms with Crippen LogP contribution in [-0.4, -0.2) is 14.3 Å². The van der Waals surface area contributed by atoms with Gasteiger partial charge >= 0.3 is 4.94 Å². The van der Waals surface area contributed by atoms with Crippen molar-refractivity contribution < 1.29 is 17.6 Å². The van der Waals surface area contributed by atoms with E-state index in [2.05, 4.69) is 0 Å². The molecule has 0 unspecified atom stereocenters. The molecule has 4 rings (SSSR count). The van der Waals surface area contributed by atoms with Gasteiger partial charge in [-0.1, -0.05) is 29.0 Å². The van der Waals surface area contributed by atoms with Gasteiger partial charge in [-0.25, -0.2) is 4.79 Å². The highest BCUT2D eigenvalue weighted by Crippen LogP contribution is 2.31. The summed E-state index contributed by atoms with van der Waals surface area (Å²) in [4.78, 5) is 24.1. The molecule has 0 radical (unpaired) electrons. The van der Waals surface area contributed by atoms with Crippen molar-refractivity contribution in [3.05, 3.63) is 80.3 Å². The van der Waals surface area contributed by atoms with Crippen LogP contribution < -0.4 is 9.24 Å². The van der Waals surface area contributed by atoms with Crippen molar-refractivity contribution in [1.82, 2.24) is 0 Å². The molecule has 0 bridgehead atoms. The van der Waals surface area contributed by atoms with E-state index in [-0.39, 0.29) is 15.5 Å². The van der Waals surface area contributed by atoms with Crippen LogP contribution in [0.3, 0.4) is 0 Å². The Morgan fingerprint density at radius 1 is 1.07 bits per heavy atom. The maximum Gasteiger partial charge on any atom is 0.396 e. The molecule has 0 aliphatic heterocycles. The second-order valence-corrected chi connectivity index (χ2v) is 9.97. The van der Waals surface area contributed by atoms with Crippen LogP contribution in [0.2, 0.25) is 5.02 Å². The lowest BCUT2D eigenvalue weighted by Gasteiger charge is -2.22. The average molecular weight is 452 g/mol. The molecule has 2 aromatic carbocycles. The Labute approximate surface area is 172 Å². The number of hydrogen-bond acceptors (Lipinski definition) is 7. The van der Waals surface area contributed by atoms with Crippen LogP contribution in [0.1, 0.15) is 10.4 Å². The molecule has 0 spiro atoms. The van der Waals surface area contributed by atoms with E-state index in [0.29, 0.717) is 15.3 Å². The third kappa shape index (κ3) is 3.37. The molecule has 6 nitrogen and oxygen atoms in total. The monoisotopic (exact) mass is 451 g/mol. The topological polar surface area (TPSA) is 84.7 Å². The summed E-state index contributed by atoms with van der Waals surface area (Å²) in [6, 6.07) is 13.3. The first kappa shape index (κ1) is 18.9. The summed E-state index contributed by atoms with van der Waals surface area (Å²) in [6.07, 6.45) is 0. The van der Waals surface area contributed by atoms with Crippen molar-refractivity contribution in [2.45, 2.75) is 4.21 Å². The Balaban J connectivity index is 1.90. The van der Waals surface area contributed by atoms with Crippen molar-refractivity contribution in [1.29, 1.82) is 0 Å². The second kappa shape index (κ2) is 7.17. The summed E-state index contributed by atoms with van der Waals surface area (Å²) in [5.41, 5.74) is 0.592. The first-order chi connectivity index (χ1) is 13.4. The predicted molar refractivity (Wildman–Crippen MR) is 110 cm³/mol. The first-order valence-corrected chi connectivity index (χ1v) is 11.3. The van der Waals surface area contributed by atoms with Crippen LogP contribution in [0.5, 0.6) is 0 Å². The lowest BCUT2D eigenvalue weighted by molar-refractivity contribution is 0.101. The number of amides is 1. The molecule has 28 heavy (non-hydrogen) atoms. The van der Waals surface area contributed by atoms with Gasteiger partial charge in [-0.15, -0.1) is 11.3 Å². The van der Waals surface area contributed by atoms with Gasteiger partial charge in [0.15, 0.2) is 0 Å². The van der Waals surface area contributed by atoms with Crippen LogP contribution in [0, 0.1) is 0 Å². The number of thiophene rings is 1. The SMILES string of the molecule is O=C(c1ccc(Cl)cc1)N(c1ccc2oc(=O)sc2c1)S(=O)(=O)c1cccs1. The zero-order valence-electron chi connectivity index (χ0n) is 13.9. The number of hydrogen-bond donors (Lipinski definition) is 0. The molecule has 0 atom stereocenters. The van der Waals surface area contributed by atoms with Crippen molar-refractivity contribution in [2.24, 2.45) is 0 Å². The molecule has 0 fully saturated rings. The number of carbonyl (C=O) groups excluding carboxylic acids is 1. The van der Waals surface area contributed by atoms with E-state index >= 15 is 0 Å². The van der Waals surface area contributed by atoms with Gasteiger partial charge in [-0.3, -0.25) is 4.79 Å². The average Bonchev–Trinajstić information content (AvgIpc) is 3.31. The van der Waals surface area contributed by atoms with Gasteiger partial charge in [0.2, 0.25) is 0 Å². The van der Waals surface area contributed by atoms with E-state index in [1.807, 2.05) is 0 Å². The molecule has 142 valence electrons. The molecule has 10 heteroatoms. The van der Waals surface area contributed by atoms with Gasteiger partial charge in [0, 0.05) is 10.6 Å². The fraction of sp³-hybridized carbons (Fsp3) is 0. The van der Waals surface area contributed by atoms with Gasteiger partial charge in [-0.05, 0) is 53.9 Å². The van der Waals surface area contributed by atoms with Crippen molar-refractivity contribution >= 4 is 66.2 Å². The highest BCUT2D eigenvalue weighted by atomic mass is 35.5. The van der Waals surface area contributed by atoms with Crippen molar-refractivity contribution in [2.75, 3.05) is 4.31 Å². The number of sulfonamides is 1. The second-order valence-electron chi connectivity index (χ2n) is 5.60. The van der Waals surface area contributed by atoms with Crippen LogP contribution in [0.25, 0.3) is 10.3 Å². The van der Waals surface area contributed by atoms with Gasteiger partial charge < -0.3 is 4.42 Å². The largest absolute Gasteiger partial charge is 0.414 e. The van der Waals surface area contributed by atoms with E-state index in [0.717, 1.165) is 27.0 Å². The van der Waals surface area contributed by atoms with E-state index in [9.17, 15) is 18.0 Å². The minimum Gasteiger partial charge on any atom is -0.414 e. The van der Waals surface area contributed by atoms with Gasteiger partial charge in [-0.2, -0.15) is 12.7 Å². The fourth-order valence-corrected chi connectivity index (χ4v) is 5.86. The summed E-state index contributed by atoms with van der Waals surface area (Å²) in [7, 11) is -4.16. The van der Waals surface area contributed by atoms with Crippen LogP contribution in [0.4, 0.5) is 5.69 Å². The smallest absolute Gasteiger partial charge is 0.396 e. The first-order valence-electron chi connectivity index (χ1n) is 7.79. The number of rotatable bonds is 4. The summed E-state index contributed by atoms with van der Waals surface area (Å²) >= 11 is 7.71. The highest BCUT2D eigenvalue weighted by molar-refractivity contribution is 7.95. The molecule has 0 saturated carbocycles. The number of anilines is 1. The molecule has 1 amide bonds. The standard InChI is InChI=1S/C18H10ClNO5S3/c19-12-5-3-11(4-6-12)17(21)20(28(23,24)16-2-1-9-26-16)13-7-8-14-15(10-13)27-18(22)25-14/h1-10H. The summed E-state index contributed by atoms with van der Waals surface area (Å²) in [6.45, 7) is 0. The molecule has 2 heterocycles. The maximum atomic E-state index is 13.2. The van der Waals surface area contributed by atoms with Crippen LogP contribution >= 0.6 is 34.3 Å². The quantitative estimate of drug-likeness (QED) is 0.452. The zero-order valence-corrected chi connectivity index (χ0v) is 17.1. The lowest BCUT2D eigenvalue weighted by atomic mass is 10.2. The van der Waals surface area contributed by atoms with Crippen molar-refractivity contribution in [3.8, 4) is 0 Å². The normalized spacial score (nSPS) is 11.6.